The van der Waals surface area contributed by atoms with Crippen LogP contribution >= 0.6 is 0 Å². The Bertz CT molecular complexity index is 673. The zero-order chi connectivity index (χ0) is 18.1. The third-order valence-corrected chi connectivity index (χ3v) is 6.20. The van der Waals surface area contributed by atoms with Gasteiger partial charge in [0.2, 0.25) is 5.91 Å². The molecule has 0 N–H and O–H groups in total. The number of piperidine rings is 1. The van der Waals surface area contributed by atoms with Crippen LogP contribution in [0.5, 0.6) is 11.5 Å². The van der Waals surface area contributed by atoms with Crippen LogP contribution in [0.2, 0.25) is 0 Å². The first-order valence-electron chi connectivity index (χ1n) is 9.98. The van der Waals surface area contributed by atoms with Gasteiger partial charge in [0.1, 0.15) is 12.1 Å². The van der Waals surface area contributed by atoms with Crippen molar-refractivity contribution in [3.05, 3.63) is 23.8 Å². The molecular weight excluding hydrogens is 328 g/mol. The number of carbonyl (C=O) groups is 1. The Labute approximate surface area is 156 Å². The molecule has 1 aromatic rings. The lowest BCUT2D eigenvalue weighted by molar-refractivity contribution is -0.148. The molecule has 1 amide bonds. The molecule has 0 aromatic heterocycles. The minimum Gasteiger partial charge on any atom is -0.493 e. The van der Waals surface area contributed by atoms with Gasteiger partial charge in [-0.25, -0.2) is 0 Å². The van der Waals surface area contributed by atoms with Crippen molar-refractivity contribution in [2.24, 2.45) is 0 Å². The summed E-state index contributed by atoms with van der Waals surface area (Å²) in [6.07, 6.45) is 6.63. The monoisotopic (exact) mass is 358 g/mol. The van der Waals surface area contributed by atoms with Crippen LogP contribution in [-0.2, 0) is 4.79 Å². The van der Waals surface area contributed by atoms with Crippen LogP contribution in [0.15, 0.2) is 18.2 Å². The second kappa shape index (κ2) is 7.10. The number of carbonyl (C=O) groups excluding carboxylic acids is 1. The molecular formula is C21H30N2O3. The Morgan fingerprint density at radius 3 is 2.65 bits per heavy atom. The molecule has 5 heteroatoms. The first-order chi connectivity index (χ1) is 12.6. The number of hydrogen-bond acceptors (Lipinski definition) is 4. The molecule has 26 heavy (non-hydrogen) atoms. The van der Waals surface area contributed by atoms with Crippen LogP contribution in [0, 0.1) is 6.92 Å². The fourth-order valence-corrected chi connectivity index (χ4v) is 4.70. The molecule has 2 saturated heterocycles. The van der Waals surface area contributed by atoms with Gasteiger partial charge < -0.3 is 14.4 Å². The lowest BCUT2D eigenvalue weighted by Gasteiger charge is -2.44. The highest BCUT2D eigenvalue weighted by molar-refractivity contribution is 5.88. The maximum absolute atomic E-state index is 13.2. The van der Waals surface area contributed by atoms with Crippen LogP contribution in [-0.4, -0.2) is 60.6 Å². The Kier molecular flexibility index (Phi) is 4.82. The van der Waals surface area contributed by atoms with Crippen molar-refractivity contribution in [2.45, 2.75) is 57.0 Å². The molecule has 2 aliphatic heterocycles. The summed E-state index contributed by atoms with van der Waals surface area (Å²) in [5.41, 5.74) is 0.891. The van der Waals surface area contributed by atoms with Gasteiger partial charge in [0.15, 0.2) is 11.5 Å². The molecule has 0 bridgehead atoms. The van der Waals surface area contributed by atoms with Crippen molar-refractivity contribution in [2.75, 3.05) is 33.4 Å². The maximum atomic E-state index is 13.2. The molecule has 3 aliphatic rings. The molecule has 4 rings (SSSR count). The summed E-state index contributed by atoms with van der Waals surface area (Å²) in [4.78, 5) is 17.8. The molecule has 2 heterocycles. The standard InChI is InChI=1S/C21H30N2O3/c1-16-5-8-18(19(15-16)25-2)26-14-13-22-11-3-9-21(22)10-4-12-23(20(21)24)17-6-7-17/h5,8,15,17H,3-4,6-7,9-14H2,1-2H3. The van der Waals surface area contributed by atoms with Crippen molar-refractivity contribution >= 4 is 5.91 Å². The van der Waals surface area contributed by atoms with E-state index in [4.69, 9.17) is 9.47 Å². The van der Waals surface area contributed by atoms with Crippen molar-refractivity contribution in [3.8, 4) is 11.5 Å². The second-order valence-corrected chi connectivity index (χ2v) is 7.96. The largest absolute Gasteiger partial charge is 0.493 e. The summed E-state index contributed by atoms with van der Waals surface area (Å²) in [7, 11) is 1.67. The Morgan fingerprint density at radius 2 is 1.92 bits per heavy atom. The molecule has 142 valence electrons. The molecule has 5 nitrogen and oxygen atoms in total. The minimum atomic E-state index is -0.262. The van der Waals surface area contributed by atoms with E-state index < -0.39 is 0 Å². The minimum absolute atomic E-state index is 0.262. The van der Waals surface area contributed by atoms with Crippen LogP contribution in [0.25, 0.3) is 0 Å². The number of methoxy groups -OCH3 is 1. The van der Waals surface area contributed by atoms with E-state index in [1.54, 1.807) is 7.11 Å². The van der Waals surface area contributed by atoms with Crippen molar-refractivity contribution in [1.29, 1.82) is 0 Å². The zero-order valence-electron chi connectivity index (χ0n) is 16.0. The van der Waals surface area contributed by atoms with Crippen LogP contribution in [0.4, 0.5) is 0 Å². The molecule has 3 fully saturated rings. The lowest BCUT2D eigenvalue weighted by atomic mass is 9.85. The molecule has 1 aliphatic carbocycles. The van der Waals surface area contributed by atoms with Crippen LogP contribution in [0.1, 0.15) is 44.1 Å². The van der Waals surface area contributed by atoms with Gasteiger partial charge in [0, 0.05) is 19.1 Å². The Morgan fingerprint density at radius 1 is 1.15 bits per heavy atom. The summed E-state index contributed by atoms with van der Waals surface area (Å²) in [6.45, 7) is 5.37. The highest BCUT2D eigenvalue weighted by Crippen LogP contribution is 2.41. The van der Waals surface area contributed by atoms with Gasteiger partial charge in [-0.05, 0) is 69.7 Å². The summed E-state index contributed by atoms with van der Waals surface area (Å²) in [5.74, 6) is 1.94. The molecule has 1 atom stereocenters. The predicted octanol–water partition coefficient (Wildman–Crippen LogP) is 3.00. The number of rotatable bonds is 6. The highest BCUT2D eigenvalue weighted by Gasteiger charge is 2.52. The fraction of sp³-hybridized carbons (Fsp3) is 0.667. The van der Waals surface area contributed by atoms with Crippen molar-refractivity contribution in [1.82, 2.24) is 9.80 Å². The fourth-order valence-electron chi connectivity index (χ4n) is 4.70. The van der Waals surface area contributed by atoms with E-state index in [0.717, 1.165) is 62.4 Å². The Hall–Kier alpha value is -1.75. The third-order valence-electron chi connectivity index (χ3n) is 6.20. The van der Waals surface area contributed by atoms with Gasteiger partial charge in [0.25, 0.3) is 0 Å². The summed E-state index contributed by atoms with van der Waals surface area (Å²) in [6, 6.07) is 6.52. The SMILES string of the molecule is COc1cc(C)ccc1OCCN1CCCC12CCCN(C1CC1)C2=O. The van der Waals surface area contributed by atoms with Crippen LogP contribution in [0.3, 0.4) is 0 Å². The maximum Gasteiger partial charge on any atom is 0.243 e. The van der Waals surface area contributed by atoms with E-state index in [9.17, 15) is 4.79 Å². The van der Waals surface area contributed by atoms with E-state index in [-0.39, 0.29) is 5.54 Å². The van der Waals surface area contributed by atoms with Gasteiger partial charge in [-0.1, -0.05) is 6.07 Å². The third kappa shape index (κ3) is 3.18. The zero-order valence-corrected chi connectivity index (χ0v) is 16.0. The topological polar surface area (TPSA) is 42.0 Å². The molecule has 1 aromatic carbocycles. The van der Waals surface area contributed by atoms with Crippen molar-refractivity contribution in [3.63, 3.8) is 0 Å². The summed E-state index contributed by atoms with van der Waals surface area (Å²) < 4.78 is 11.4. The number of hydrogen-bond donors (Lipinski definition) is 0. The van der Waals surface area contributed by atoms with E-state index in [1.807, 2.05) is 25.1 Å². The molecule has 0 radical (unpaired) electrons. The number of likely N-dealkylation sites (tertiary alicyclic amines) is 2. The van der Waals surface area contributed by atoms with E-state index >= 15 is 0 Å². The molecule has 1 saturated carbocycles. The van der Waals surface area contributed by atoms with Crippen molar-refractivity contribution < 1.29 is 14.3 Å². The lowest BCUT2D eigenvalue weighted by Crippen LogP contribution is -2.60. The van der Waals surface area contributed by atoms with Gasteiger partial charge in [-0.15, -0.1) is 0 Å². The number of nitrogens with zero attached hydrogens (tertiary/aromatic N) is 2. The smallest absolute Gasteiger partial charge is 0.243 e. The quantitative estimate of drug-likeness (QED) is 0.784. The number of aryl methyl sites for hydroxylation is 1. The van der Waals surface area contributed by atoms with Crippen LogP contribution < -0.4 is 9.47 Å². The van der Waals surface area contributed by atoms with Gasteiger partial charge in [-0.3, -0.25) is 9.69 Å². The normalized spacial score (nSPS) is 26.5. The molecule has 1 spiro atoms. The molecule has 1 unspecified atom stereocenters. The first-order valence-corrected chi connectivity index (χ1v) is 9.98. The number of ether oxygens (including phenoxy) is 2. The van der Waals surface area contributed by atoms with Gasteiger partial charge in [-0.2, -0.15) is 0 Å². The number of benzene rings is 1. The van der Waals surface area contributed by atoms with E-state index in [1.165, 1.54) is 12.8 Å². The second-order valence-electron chi connectivity index (χ2n) is 7.96. The number of amides is 1. The van der Waals surface area contributed by atoms with E-state index in [2.05, 4.69) is 9.80 Å². The Balaban J connectivity index is 1.40. The first kappa shape index (κ1) is 17.7. The summed E-state index contributed by atoms with van der Waals surface area (Å²) >= 11 is 0. The summed E-state index contributed by atoms with van der Waals surface area (Å²) in [5, 5.41) is 0. The van der Waals surface area contributed by atoms with Gasteiger partial charge >= 0.3 is 0 Å². The van der Waals surface area contributed by atoms with Gasteiger partial charge in [0.05, 0.1) is 7.11 Å². The predicted molar refractivity (Wildman–Crippen MR) is 101 cm³/mol. The average Bonchev–Trinajstić information content (AvgIpc) is 3.41. The van der Waals surface area contributed by atoms with E-state index in [0.29, 0.717) is 18.6 Å². The average molecular weight is 358 g/mol. The highest BCUT2D eigenvalue weighted by atomic mass is 16.5.